The van der Waals surface area contributed by atoms with Crippen LogP contribution in [0.15, 0.2) is 42.5 Å². The summed E-state index contributed by atoms with van der Waals surface area (Å²) in [6, 6.07) is 12.2. The van der Waals surface area contributed by atoms with E-state index in [1.165, 1.54) is 0 Å². The lowest BCUT2D eigenvalue weighted by Crippen LogP contribution is -2.44. The Morgan fingerprint density at radius 2 is 2.08 bits per heavy atom. The Morgan fingerprint density at radius 3 is 2.85 bits per heavy atom. The van der Waals surface area contributed by atoms with Gasteiger partial charge in [0.05, 0.1) is 24.4 Å². The van der Waals surface area contributed by atoms with Gasteiger partial charge in [-0.3, -0.25) is 4.90 Å². The third kappa shape index (κ3) is 3.79. The molecule has 0 bridgehead atoms. The van der Waals surface area contributed by atoms with Crippen molar-refractivity contribution in [2.45, 2.75) is 26.9 Å². The highest BCUT2D eigenvalue weighted by Crippen LogP contribution is 2.34. The van der Waals surface area contributed by atoms with Crippen LogP contribution in [0.3, 0.4) is 0 Å². The van der Waals surface area contributed by atoms with E-state index in [1.54, 1.807) is 36.1 Å². The van der Waals surface area contributed by atoms with Crippen LogP contribution in [-0.2, 0) is 4.74 Å². The molecule has 1 aliphatic heterocycles. The summed E-state index contributed by atoms with van der Waals surface area (Å²) in [5.74, 6) is 0.273. The predicted octanol–water partition coefficient (Wildman–Crippen LogP) is 3.99. The largest absolute Gasteiger partial charge is 0.487 e. The van der Waals surface area contributed by atoms with Gasteiger partial charge >= 0.3 is 12.0 Å². The topological polar surface area (TPSA) is 67.9 Å². The first-order valence-corrected chi connectivity index (χ1v) is 8.61. The molecule has 0 fully saturated rings. The fraction of sp³-hybridized carbons (Fsp3) is 0.300. The molecule has 2 amide bonds. The van der Waals surface area contributed by atoms with Crippen LogP contribution in [0.2, 0.25) is 0 Å². The molecule has 6 heteroatoms. The van der Waals surface area contributed by atoms with Gasteiger partial charge < -0.3 is 14.8 Å². The fourth-order valence-electron chi connectivity index (χ4n) is 2.87. The SMILES string of the molecule is CCOC(=O)c1cccc(NC(=O)N2C[C@H](C)Oc3ccc(C)cc32)c1. The molecule has 1 atom stereocenters. The molecule has 26 heavy (non-hydrogen) atoms. The van der Waals surface area contributed by atoms with Gasteiger partial charge in [0.2, 0.25) is 0 Å². The molecule has 0 spiro atoms. The summed E-state index contributed by atoms with van der Waals surface area (Å²) in [5.41, 5.74) is 2.72. The zero-order valence-electron chi connectivity index (χ0n) is 15.1. The van der Waals surface area contributed by atoms with Gasteiger partial charge in [-0.15, -0.1) is 0 Å². The number of nitrogens with one attached hydrogen (secondary N) is 1. The van der Waals surface area contributed by atoms with E-state index in [9.17, 15) is 9.59 Å². The number of esters is 1. The Balaban J connectivity index is 1.82. The first kappa shape index (κ1) is 17.8. The van der Waals surface area contributed by atoms with Crippen LogP contribution in [0, 0.1) is 6.92 Å². The molecular formula is C20H22N2O4. The van der Waals surface area contributed by atoms with Crippen LogP contribution in [0.25, 0.3) is 0 Å². The van der Waals surface area contributed by atoms with Crippen LogP contribution in [-0.4, -0.2) is 31.3 Å². The summed E-state index contributed by atoms with van der Waals surface area (Å²) in [4.78, 5) is 26.4. The predicted molar refractivity (Wildman–Crippen MR) is 100 cm³/mol. The Bertz CT molecular complexity index is 834. The van der Waals surface area contributed by atoms with Gasteiger partial charge in [0, 0.05) is 5.69 Å². The van der Waals surface area contributed by atoms with Gasteiger partial charge in [-0.25, -0.2) is 9.59 Å². The second-order valence-corrected chi connectivity index (χ2v) is 6.24. The van der Waals surface area contributed by atoms with E-state index in [1.807, 2.05) is 32.0 Å². The molecule has 136 valence electrons. The second kappa shape index (κ2) is 7.47. The Hall–Kier alpha value is -3.02. The molecule has 1 N–H and O–H groups in total. The van der Waals surface area contributed by atoms with E-state index in [4.69, 9.17) is 9.47 Å². The maximum Gasteiger partial charge on any atom is 0.338 e. The minimum absolute atomic E-state index is 0.109. The number of benzene rings is 2. The Morgan fingerprint density at radius 1 is 1.27 bits per heavy atom. The van der Waals surface area contributed by atoms with Crippen molar-refractivity contribution in [2.75, 3.05) is 23.4 Å². The minimum atomic E-state index is -0.412. The molecule has 6 nitrogen and oxygen atoms in total. The minimum Gasteiger partial charge on any atom is -0.487 e. The zero-order chi connectivity index (χ0) is 18.7. The molecule has 2 aromatic rings. The summed E-state index contributed by atoms with van der Waals surface area (Å²) in [5, 5.41) is 2.85. The highest BCUT2D eigenvalue weighted by atomic mass is 16.5. The fourth-order valence-corrected chi connectivity index (χ4v) is 2.87. The van der Waals surface area contributed by atoms with Crippen LogP contribution in [0.1, 0.15) is 29.8 Å². The third-order valence-corrected chi connectivity index (χ3v) is 4.04. The molecule has 1 heterocycles. The van der Waals surface area contributed by atoms with Crippen LogP contribution in [0.5, 0.6) is 5.75 Å². The molecule has 1 aliphatic rings. The highest BCUT2D eigenvalue weighted by molar-refractivity contribution is 6.03. The lowest BCUT2D eigenvalue weighted by atomic mass is 10.1. The summed E-state index contributed by atoms with van der Waals surface area (Å²) in [7, 11) is 0. The Kier molecular flexibility index (Phi) is 5.11. The number of amides is 2. The van der Waals surface area contributed by atoms with Gasteiger partial charge in [-0.2, -0.15) is 0 Å². The first-order valence-electron chi connectivity index (χ1n) is 8.61. The number of anilines is 2. The average Bonchev–Trinajstić information content (AvgIpc) is 2.62. The maximum absolute atomic E-state index is 12.8. The number of carbonyl (C=O) groups is 2. The lowest BCUT2D eigenvalue weighted by molar-refractivity contribution is 0.0526. The molecule has 0 unspecified atom stereocenters. The molecule has 2 aromatic carbocycles. The number of rotatable bonds is 3. The van der Waals surface area contributed by atoms with Gasteiger partial charge in [0.1, 0.15) is 11.9 Å². The summed E-state index contributed by atoms with van der Waals surface area (Å²) < 4.78 is 10.8. The normalized spacial score (nSPS) is 15.7. The second-order valence-electron chi connectivity index (χ2n) is 6.24. The van der Waals surface area contributed by atoms with Crippen LogP contribution < -0.4 is 15.0 Å². The monoisotopic (exact) mass is 354 g/mol. The number of carbonyl (C=O) groups excluding carboxylic acids is 2. The molecule has 0 saturated carbocycles. The number of aryl methyl sites for hydroxylation is 1. The van der Waals surface area contributed by atoms with Crippen molar-refractivity contribution in [2.24, 2.45) is 0 Å². The quantitative estimate of drug-likeness (QED) is 0.846. The number of fused-ring (bicyclic) bond motifs is 1. The van der Waals surface area contributed by atoms with E-state index in [-0.39, 0.29) is 12.1 Å². The van der Waals surface area contributed by atoms with Crippen molar-refractivity contribution >= 4 is 23.4 Å². The zero-order valence-corrected chi connectivity index (χ0v) is 15.1. The van der Waals surface area contributed by atoms with Crippen molar-refractivity contribution < 1.29 is 19.1 Å². The molecule has 0 aliphatic carbocycles. The average molecular weight is 354 g/mol. The molecule has 0 saturated heterocycles. The van der Waals surface area contributed by atoms with E-state index < -0.39 is 5.97 Å². The lowest BCUT2D eigenvalue weighted by Gasteiger charge is -2.33. The molecule has 3 rings (SSSR count). The van der Waals surface area contributed by atoms with Gasteiger partial charge in [0.25, 0.3) is 0 Å². The van der Waals surface area contributed by atoms with E-state index in [0.717, 1.165) is 11.3 Å². The number of hydrogen-bond donors (Lipinski definition) is 1. The van der Waals surface area contributed by atoms with Crippen LogP contribution >= 0.6 is 0 Å². The summed E-state index contributed by atoms with van der Waals surface area (Å²) in [6.07, 6.45) is -0.109. The highest BCUT2D eigenvalue weighted by Gasteiger charge is 2.27. The van der Waals surface area contributed by atoms with E-state index >= 15 is 0 Å². The summed E-state index contributed by atoms with van der Waals surface area (Å²) in [6.45, 7) is 6.39. The standard InChI is InChI=1S/C20H22N2O4/c1-4-25-19(23)15-6-5-7-16(11-15)21-20(24)22-12-14(3)26-18-9-8-13(2)10-17(18)22/h5-11,14H,4,12H2,1-3H3,(H,21,24)/t14-/m0/s1. The Labute approximate surface area is 152 Å². The van der Waals surface area contributed by atoms with Gasteiger partial charge in [-0.05, 0) is 56.7 Å². The van der Waals surface area contributed by atoms with Crippen molar-refractivity contribution in [3.8, 4) is 5.75 Å². The van der Waals surface area contributed by atoms with Crippen molar-refractivity contribution in [1.82, 2.24) is 0 Å². The summed E-state index contributed by atoms with van der Waals surface area (Å²) >= 11 is 0. The van der Waals surface area contributed by atoms with Crippen molar-refractivity contribution in [3.63, 3.8) is 0 Å². The molecular weight excluding hydrogens is 332 g/mol. The maximum atomic E-state index is 12.8. The van der Waals surface area contributed by atoms with E-state index in [2.05, 4.69) is 5.32 Å². The smallest absolute Gasteiger partial charge is 0.338 e. The van der Waals surface area contributed by atoms with Gasteiger partial charge in [0.15, 0.2) is 0 Å². The van der Waals surface area contributed by atoms with Crippen LogP contribution in [0.4, 0.5) is 16.2 Å². The van der Waals surface area contributed by atoms with Crippen molar-refractivity contribution in [3.05, 3.63) is 53.6 Å². The first-order chi connectivity index (χ1) is 12.5. The van der Waals surface area contributed by atoms with Crippen molar-refractivity contribution in [1.29, 1.82) is 0 Å². The molecule has 0 aromatic heterocycles. The van der Waals surface area contributed by atoms with E-state index in [0.29, 0.717) is 30.2 Å². The third-order valence-electron chi connectivity index (χ3n) is 4.04. The number of hydrogen-bond acceptors (Lipinski definition) is 4. The van der Waals surface area contributed by atoms with Gasteiger partial charge in [-0.1, -0.05) is 12.1 Å². The number of ether oxygens (including phenoxy) is 2. The number of nitrogens with zero attached hydrogens (tertiary/aromatic N) is 1. The number of urea groups is 1. The molecule has 0 radical (unpaired) electrons.